The molecular weight excluding hydrogens is 782 g/mol. The third-order valence-electron chi connectivity index (χ3n) is 10.9. The standard InChI is InChI=1S/C52H98NO7P/c1-6-8-10-12-14-16-18-20-22-24-25-26-27-28-30-32-34-36-38-40-42-44-47-57-49-51(50-59-61(55,56)58-48-46-53(3,4)5)60-52(54)45-43-41-39-37-35-33-31-29-23-21-19-17-15-13-11-9-7-2/h8,10,14,16,20,22,25-26,51H,6-7,9,11-13,15,17-19,21,23-24,27-50H2,1-5H3/b10-8-,16-14-,22-20-,26-25-. The van der Waals surface area contributed by atoms with E-state index in [0.717, 1.165) is 57.8 Å². The smallest absolute Gasteiger partial charge is 0.306 e. The second kappa shape index (κ2) is 45.0. The number of phosphoric ester groups is 1. The maximum absolute atomic E-state index is 12.7. The molecule has 8 nitrogen and oxygen atoms in total. The Kier molecular flexibility index (Phi) is 43.9. The highest BCUT2D eigenvalue weighted by Crippen LogP contribution is 2.38. The van der Waals surface area contributed by atoms with Crippen LogP contribution in [-0.4, -0.2) is 70.7 Å². The Morgan fingerprint density at radius 3 is 1.43 bits per heavy atom. The van der Waals surface area contributed by atoms with E-state index in [1.54, 1.807) is 0 Å². The molecule has 0 bridgehead atoms. The number of likely N-dealkylation sites (N-methyl/N-ethyl adjacent to an activating group) is 1. The highest BCUT2D eigenvalue weighted by Gasteiger charge is 2.20. The van der Waals surface area contributed by atoms with Gasteiger partial charge in [0.2, 0.25) is 0 Å². The van der Waals surface area contributed by atoms with Crippen LogP contribution >= 0.6 is 7.82 Å². The lowest BCUT2D eigenvalue weighted by molar-refractivity contribution is -0.870. The lowest BCUT2D eigenvalue weighted by Crippen LogP contribution is -2.37. The molecule has 358 valence electrons. The lowest BCUT2D eigenvalue weighted by atomic mass is 10.0. The first kappa shape index (κ1) is 59.5. The van der Waals surface area contributed by atoms with Gasteiger partial charge in [-0.15, -0.1) is 0 Å². The number of ether oxygens (including phenoxy) is 2. The Balaban J connectivity index is 4.14. The van der Waals surface area contributed by atoms with Gasteiger partial charge in [-0.3, -0.25) is 9.36 Å². The minimum absolute atomic E-state index is 0.0250. The number of unbranched alkanes of at least 4 members (excludes halogenated alkanes) is 25. The number of allylic oxidation sites excluding steroid dienone is 8. The fraction of sp³-hybridized carbons (Fsp3) is 0.827. The molecule has 0 aliphatic heterocycles. The van der Waals surface area contributed by atoms with Crippen molar-refractivity contribution in [2.24, 2.45) is 0 Å². The lowest BCUT2D eigenvalue weighted by Gasteiger charge is -2.28. The first-order chi connectivity index (χ1) is 29.6. The summed E-state index contributed by atoms with van der Waals surface area (Å²) in [5, 5.41) is 0. The number of hydrogen-bond acceptors (Lipinski definition) is 7. The highest BCUT2D eigenvalue weighted by molar-refractivity contribution is 7.45. The van der Waals surface area contributed by atoms with Crippen LogP contribution in [0.4, 0.5) is 0 Å². The average molecular weight is 880 g/mol. The van der Waals surface area contributed by atoms with Gasteiger partial charge in [-0.05, 0) is 51.4 Å². The number of esters is 1. The van der Waals surface area contributed by atoms with E-state index < -0.39 is 13.9 Å². The second-order valence-corrected chi connectivity index (χ2v) is 19.6. The van der Waals surface area contributed by atoms with E-state index in [1.807, 2.05) is 21.1 Å². The number of nitrogens with zero attached hydrogens (tertiary/aromatic N) is 1. The maximum atomic E-state index is 12.7. The Bertz CT molecular complexity index is 1120. The molecule has 0 aliphatic rings. The molecule has 0 fully saturated rings. The number of phosphoric acid groups is 1. The van der Waals surface area contributed by atoms with Crippen molar-refractivity contribution in [1.82, 2.24) is 0 Å². The van der Waals surface area contributed by atoms with E-state index in [2.05, 4.69) is 62.5 Å². The van der Waals surface area contributed by atoms with Crippen LogP contribution in [-0.2, 0) is 27.9 Å². The molecule has 0 spiro atoms. The van der Waals surface area contributed by atoms with E-state index in [9.17, 15) is 14.3 Å². The summed E-state index contributed by atoms with van der Waals surface area (Å²) in [6.07, 6.45) is 55.6. The van der Waals surface area contributed by atoms with Crippen molar-refractivity contribution in [3.63, 3.8) is 0 Å². The normalized spacial score (nSPS) is 14.0. The molecule has 0 radical (unpaired) electrons. The summed E-state index contributed by atoms with van der Waals surface area (Å²) in [5.74, 6) is -0.334. The van der Waals surface area contributed by atoms with Gasteiger partial charge in [-0.2, -0.15) is 0 Å². The number of hydrogen-bond donors (Lipinski definition) is 0. The van der Waals surface area contributed by atoms with Crippen molar-refractivity contribution in [3.05, 3.63) is 48.6 Å². The topological polar surface area (TPSA) is 94.1 Å². The number of carbonyl (C=O) groups excluding carboxylic acids is 1. The fourth-order valence-corrected chi connectivity index (χ4v) is 7.74. The van der Waals surface area contributed by atoms with Gasteiger partial charge in [-0.1, -0.05) is 210 Å². The largest absolute Gasteiger partial charge is 0.756 e. The van der Waals surface area contributed by atoms with Crippen LogP contribution in [0.1, 0.15) is 219 Å². The molecule has 61 heavy (non-hydrogen) atoms. The first-order valence-electron chi connectivity index (χ1n) is 25.4. The summed E-state index contributed by atoms with van der Waals surface area (Å²) in [6, 6.07) is 0. The van der Waals surface area contributed by atoms with Crippen LogP contribution in [0.3, 0.4) is 0 Å². The third-order valence-corrected chi connectivity index (χ3v) is 11.9. The molecule has 0 aromatic heterocycles. The van der Waals surface area contributed by atoms with Gasteiger partial charge in [0.25, 0.3) is 7.82 Å². The van der Waals surface area contributed by atoms with Gasteiger partial charge in [0.05, 0.1) is 34.4 Å². The number of rotatable bonds is 47. The van der Waals surface area contributed by atoms with Crippen LogP contribution < -0.4 is 4.89 Å². The van der Waals surface area contributed by atoms with E-state index in [0.29, 0.717) is 24.1 Å². The molecule has 2 unspecified atom stereocenters. The summed E-state index contributed by atoms with van der Waals surface area (Å²) in [7, 11) is 1.36. The molecule has 0 aliphatic carbocycles. The predicted octanol–water partition coefficient (Wildman–Crippen LogP) is 14.9. The monoisotopic (exact) mass is 880 g/mol. The van der Waals surface area contributed by atoms with Crippen molar-refractivity contribution in [2.75, 3.05) is 54.1 Å². The molecule has 0 saturated heterocycles. The van der Waals surface area contributed by atoms with Crippen LogP contribution in [0.5, 0.6) is 0 Å². The quantitative estimate of drug-likeness (QED) is 0.0198. The van der Waals surface area contributed by atoms with E-state index >= 15 is 0 Å². The Hall–Kier alpha value is -1.54. The summed E-state index contributed by atoms with van der Waals surface area (Å²) in [4.78, 5) is 25.2. The zero-order chi connectivity index (χ0) is 44.8. The maximum Gasteiger partial charge on any atom is 0.306 e. The molecule has 0 aromatic carbocycles. The third kappa shape index (κ3) is 49.3. The molecule has 0 aromatic rings. The van der Waals surface area contributed by atoms with Gasteiger partial charge in [0.15, 0.2) is 0 Å². The van der Waals surface area contributed by atoms with E-state index in [1.165, 1.54) is 141 Å². The predicted molar refractivity (Wildman–Crippen MR) is 259 cm³/mol. The minimum Gasteiger partial charge on any atom is -0.756 e. The average Bonchev–Trinajstić information content (AvgIpc) is 3.22. The van der Waals surface area contributed by atoms with Gasteiger partial charge in [-0.25, -0.2) is 0 Å². The fourth-order valence-electron chi connectivity index (χ4n) is 7.01. The minimum atomic E-state index is -4.53. The van der Waals surface area contributed by atoms with Crippen molar-refractivity contribution in [2.45, 2.75) is 225 Å². The summed E-state index contributed by atoms with van der Waals surface area (Å²) < 4.78 is 34.7. The van der Waals surface area contributed by atoms with Crippen molar-refractivity contribution < 1.29 is 37.3 Å². The number of carbonyl (C=O) groups is 1. The van der Waals surface area contributed by atoms with Crippen LogP contribution in [0.15, 0.2) is 48.6 Å². The van der Waals surface area contributed by atoms with Gasteiger partial charge < -0.3 is 27.9 Å². The molecule has 0 amide bonds. The zero-order valence-corrected chi connectivity index (χ0v) is 41.5. The van der Waals surface area contributed by atoms with Crippen molar-refractivity contribution >= 4 is 13.8 Å². The van der Waals surface area contributed by atoms with Crippen molar-refractivity contribution in [3.8, 4) is 0 Å². The highest BCUT2D eigenvalue weighted by atomic mass is 31.2. The molecule has 2 atom stereocenters. The number of quaternary nitrogens is 1. The van der Waals surface area contributed by atoms with Gasteiger partial charge in [0.1, 0.15) is 19.3 Å². The summed E-state index contributed by atoms with van der Waals surface area (Å²) >= 11 is 0. The molecular formula is C52H98NO7P. The van der Waals surface area contributed by atoms with Crippen molar-refractivity contribution in [1.29, 1.82) is 0 Å². The second-order valence-electron chi connectivity index (χ2n) is 18.2. The zero-order valence-electron chi connectivity index (χ0n) is 40.6. The van der Waals surface area contributed by atoms with Crippen LogP contribution in [0.25, 0.3) is 0 Å². The molecule has 0 N–H and O–H groups in total. The Morgan fingerprint density at radius 1 is 0.525 bits per heavy atom. The first-order valence-corrected chi connectivity index (χ1v) is 26.8. The summed E-state index contributed by atoms with van der Waals surface area (Å²) in [5.41, 5.74) is 0. The Labute approximate surface area is 378 Å². The van der Waals surface area contributed by atoms with Gasteiger partial charge >= 0.3 is 5.97 Å². The van der Waals surface area contributed by atoms with E-state index in [-0.39, 0.29) is 25.8 Å². The van der Waals surface area contributed by atoms with Crippen LogP contribution in [0.2, 0.25) is 0 Å². The molecule has 9 heteroatoms. The van der Waals surface area contributed by atoms with Gasteiger partial charge in [0, 0.05) is 13.0 Å². The van der Waals surface area contributed by atoms with E-state index in [4.69, 9.17) is 18.5 Å². The SMILES string of the molecule is CC/C=C\C/C=C\C/C=C\C/C=C\CCCCCCCCCCCOCC(COP(=O)([O-])OCC[N+](C)(C)C)OC(=O)CCCCCCCCCCCCCCCCCCC. The molecule has 0 rings (SSSR count). The molecule has 0 heterocycles. The molecule has 0 saturated carbocycles. The summed E-state index contributed by atoms with van der Waals surface area (Å²) in [6.45, 7) is 5.32. The Morgan fingerprint density at radius 2 is 0.951 bits per heavy atom. The van der Waals surface area contributed by atoms with Crippen LogP contribution in [0, 0.1) is 0 Å².